The number of hydrogen-bond acceptors (Lipinski definition) is 4. The molecule has 2 N–H and O–H groups in total. The average molecular weight is 338 g/mol. The van der Waals surface area contributed by atoms with E-state index in [0.29, 0.717) is 19.5 Å². The first-order valence-electron chi connectivity index (χ1n) is 7.72. The molecule has 0 saturated carbocycles. The van der Waals surface area contributed by atoms with Gasteiger partial charge in [-0.25, -0.2) is 9.78 Å². The lowest BCUT2D eigenvalue weighted by Gasteiger charge is -2.06. The van der Waals surface area contributed by atoms with Crippen molar-refractivity contribution in [3.8, 4) is 10.6 Å². The maximum Gasteiger partial charge on any atom is 0.315 e. The monoisotopic (exact) mass is 338 g/mol. The molecule has 2 aromatic heterocycles. The molecule has 2 amide bonds. The highest BCUT2D eigenvalue weighted by Gasteiger charge is 2.05. The number of urea groups is 1. The van der Waals surface area contributed by atoms with E-state index in [1.807, 2.05) is 47.8 Å². The Morgan fingerprint density at radius 2 is 1.83 bits per heavy atom. The maximum atomic E-state index is 11.8. The minimum absolute atomic E-state index is 0.176. The minimum atomic E-state index is -0.176. The first kappa shape index (κ1) is 16.1. The Morgan fingerprint density at radius 3 is 2.62 bits per heavy atom. The molecule has 1 aromatic carbocycles. The van der Waals surface area contributed by atoms with Crippen LogP contribution in [0.15, 0.2) is 60.2 Å². The summed E-state index contributed by atoms with van der Waals surface area (Å²) in [5, 5.41) is 8.72. The highest BCUT2D eigenvalue weighted by atomic mass is 32.1. The molecule has 6 heteroatoms. The molecule has 0 spiro atoms. The fraction of sp³-hybridized carbons (Fsp3) is 0.167. The zero-order valence-corrected chi connectivity index (χ0v) is 13.9. The number of amides is 2. The second-order valence-corrected chi connectivity index (χ2v) is 6.08. The van der Waals surface area contributed by atoms with E-state index in [1.54, 1.807) is 23.7 Å². The van der Waals surface area contributed by atoms with Gasteiger partial charge in [0.2, 0.25) is 0 Å². The fourth-order valence-electron chi connectivity index (χ4n) is 2.18. The standard InChI is InChI=1S/C18H18N4OS/c23-18(21-12-14-6-9-19-10-7-14)20-11-8-16-13-24-17(22-16)15-4-2-1-3-5-15/h1-7,9-10,13H,8,11-12H2,(H2,20,21,23). The molecule has 24 heavy (non-hydrogen) atoms. The number of carbonyl (C=O) groups is 1. The summed E-state index contributed by atoms with van der Waals surface area (Å²) >= 11 is 1.62. The predicted octanol–water partition coefficient (Wildman–Crippen LogP) is 3.25. The Morgan fingerprint density at radius 1 is 1.04 bits per heavy atom. The van der Waals surface area contributed by atoms with Gasteiger partial charge in [0.1, 0.15) is 5.01 Å². The number of aromatic nitrogens is 2. The van der Waals surface area contributed by atoms with Crippen molar-refractivity contribution < 1.29 is 4.79 Å². The number of rotatable bonds is 6. The minimum Gasteiger partial charge on any atom is -0.338 e. The summed E-state index contributed by atoms with van der Waals surface area (Å²) in [6, 6.07) is 13.7. The van der Waals surface area contributed by atoms with Crippen molar-refractivity contribution in [2.24, 2.45) is 0 Å². The number of carbonyl (C=O) groups excluding carboxylic acids is 1. The first-order valence-corrected chi connectivity index (χ1v) is 8.59. The summed E-state index contributed by atoms with van der Waals surface area (Å²) in [4.78, 5) is 20.3. The quantitative estimate of drug-likeness (QED) is 0.725. The van der Waals surface area contributed by atoms with Crippen LogP contribution in [-0.2, 0) is 13.0 Å². The van der Waals surface area contributed by atoms with Crippen LogP contribution >= 0.6 is 11.3 Å². The summed E-state index contributed by atoms with van der Waals surface area (Å²) in [7, 11) is 0. The molecule has 0 aliphatic heterocycles. The molecule has 0 fully saturated rings. The predicted molar refractivity (Wildman–Crippen MR) is 95.7 cm³/mol. The number of thiazole rings is 1. The molecule has 0 atom stereocenters. The van der Waals surface area contributed by atoms with Gasteiger partial charge in [-0.3, -0.25) is 4.98 Å². The van der Waals surface area contributed by atoms with Gasteiger partial charge in [0.05, 0.1) is 5.69 Å². The van der Waals surface area contributed by atoms with Crippen LogP contribution in [0.3, 0.4) is 0 Å². The molecule has 0 aliphatic rings. The molecular weight excluding hydrogens is 320 g/mol. The molecule has 2 heterocycles. The van der Waals surface area contributed by atoms with Crippen LogP contribution in [0, 0.1) is 0 Å². The Labute approximate surface area is 144 Å². The molecule has 0 unspecified atom stereocenters. The van der Waals surface area contributed by atoms with E-state index in [-0.39, 0.29) is 6.03 Å². The highest BCUT2D eigenvalue weighted by Crippen LogP contribution is 2.23. The molecule has 0 radical (unpaired) electrons. The van der Waals surface area contributed by atoms with Crippen LogP contribution in [0.1, 0.15) is 11.3 Å². The summed E-state index contributed by atoms with van der Waals surface area (Å²) < 4.78 is 0. The van der Waals surface area contributed by atoms with E-state index in [9.17, 15) is 4.79 Å². The topological polar surface area (TPSA) is 66.9 Å². The van der Waals surface area contributed by atoms with E-state index in [0.717, 1.165) is 21.8 Å². The summed E-state index contributed by atoms with van der Waals surface area (Å²) in [6.07, 6.45) is 4.13. The van der Waals surface area contributed by atoms with Crippen molar-refractivity contribution in [2.45, 2.75) is 13.0 Å². The van der Waals surface area contributed by atoms with E-state index < -0.39 is 0 Å². The van der Waals surface area contributed by atoms with Gasteiger partial charge in [0.25, 0.3) is 0 Å². The van der Waals surface area contributed by atoms with Crippen LogP contribution in [0.2, 0.25) is 0 Å². The average Bonchev–Trinajstić information content (AvgIpc) is 3.11. The molecule has 0 saturated heterocycles. The lowest BCUT2D eigenvalue weighted by atomic mass is 10.2. The van der Waals surface area contributed by atoms with Gasteiger partial charge >= 0.3 is 6.03 Å². The molecular formula is C18H18N4OS. The maximum absolute atomic E-state index is 11.8. The van der Waals surface area contributed by atoms with Gasteiger partial charge in [-0.05, 0) is 17.7 Å². The second-order valence-electron chi connectivity index (χ2n) is 5.22. The van der Waals surface area contributed by atoms with E-state index in [2.05, 4.69) is 20.6 Å². The lowest BCUT2D eigenvalue weighted by Crippen LogP contribution is -2.36. The van der Waals surface area contributed by atoms with Gasteiger partial charge in [-0.15, -0.1) is 11.3 Å². The normalized spacial score (nSPS) is 10.3. The highest BCUT2D eigenvalue weighted by molar-refractivity contribution is 7.13. The first-order chi connectivity index (χ1) is 11.8. The zero-order valence-electron chi connectivity index (χ0n) is 13.1. The zero-order chi connectivity index (χ0) is 16.6. The third-order valence-electron chi connectivity index (χ3n) is 3.44. The van der Waals surface area contributed by atoms with Crippen molar-refractivity contribution in [2.75, 3.05) is 6.54 Å². The molecule has 122 valence electrons. The van der Waals surface area contributed by atoms with Gasteiger partial charge in [0.15, 0.2) is 0 Å². The van der Waals surface area contributed by atoms with Gasteiger partial charge in [0, 0.05) is 42.8 Å². The SMILES string of the molecule is O=C(NCCc1csc(-c2ccccc2)n1)NCc1ccncc1. The molecule has 5 nitrogen and oxygen atoms in total. The largest absolute Gasteiger partial charge is 0.338 e. The summed E-state index contributed by atoms with van der Waals surface area (Å²) in [5.74, 6) is 0. The number of hydrogen-bond donors (Lipinski definition) is 2. The Balaban J connectivity index is 1.42. The van der Waals surface area contributed by atoms with Crippen LogP contribution in [-0.4, -0.2) is 22.5 Å². The van der Waals surface area contributed by atoms with E-state index in [4.69, 9.17) is 0 Å². The second kappa shape index (κ2) is 8.21. The summed E-state index contributed by atoms with van der Waals surface area (Å²) in [6.45, 7) is 1.04. The third-order valence-corrected chi connectivity index (χ3v) is 4.38. The Hall–Kier alpha value is -2.73. The van der Waals surface area contributed by atoms with Crippen molar-refractivity contribution in [1.82, 2.24) is 20.6 Å². The van der Waals surface area contributed by atoms with Crippen molar-refractivity contribution >= 4 is 17.4 Å². The van der Waals surface area contributed by atoms with Crippen LogP contribution in [0.4, 0.5) is 4.79 Å². The Kier molecular flexibility index (Phi) is 5.52. The lowest BCUT2D eigenvalue weighted by molar-refractivity contribution is 0.240. The number of pyridine rings is 1. The van der Waals surface area contributed by atoms with Crippen molar-refractivity contribution in [1.29, 1.82) is 0 Å². The molecule has 0 aliphatic carbocycles. The van der Waals surface area contributed by atoms with Gasteiger partial charge in [-0.1, -0.05) is 30.3 Å². The van der Waals surface area contributed by atoms with E-state index in [1.165, 1.54) is 0 Å². The van der Waals surface area contributed by atoms with Crippen LogP contribution in [0.25, 0.3) is 10.6 Å². The summed E-state index contributed by atoms with van der Waals surface area (Å²) in [5.41, 5.74) is 3.14. The number of nitrogens with zero attached hydrogens (tertiary/aromatic N) is 2. The van der Waals surface area contributed by atoms with Crippen LogP contribution in [0.5, 0.6) is 0 Å². The van der Waals surface area contributed by atoms with Crippen LogP contribution < -0.4 is 10.6 Å². The molecule has 3 rings (SSSR count). The third kappa shape index (κ3) is 4.63. The number of nitrogens with one attached hydrogen (secondary N) is 2. The molecule has 0 bridgehead atoms. The van der Waals surface area contributed by atoms with Crippen molar-refractivity contribution in [3.05, 3.63) is 71.5 Å². The van der Waals surface area contributed by atoms with Gasteiger partial charge in [-0.2, -0.15) is 0 Å². The van der Waals surface area contributed by atoms with Crippen molar-refractivity contribution in [3.63, 3.8) is 0 Å². The fourth-order valence-corrected chi connectivity index (χ4v) is 3.05. The number of benzene rings is 1. The van der Waals surface area contributed by atoms with Gasteiger partial charge < -0.3 is 10.6 Å². The molecule has 3 aromatic rings. The smallest absolute Gasteiger partial charge is 0.315 e. The van der Waals surface area contributed by atoms with E-state index >= 15 is 0 Å². The Bertz CT molecular complexity index is 774.